The largest absolute Gasteiger partial charge is 0.462 e. The molecule has 1 aromatic carbocycles. The van der Waals surface area contributed by atoms with Crippen LogP contribution in [-0.4, -0.2) is 23.9 Å². The molecular formula is C28H34N2O4S. The summed E-state index contributed by atoms with van der Waals surface area (Å²) in [6.45, 7) is 4.28. The van der Waals surface area contributed by atoms with Gasteiger partial charge in [-0.3, -0.25) is 14.4 Å². The van der Waals surface area contributed by atoms with Crippen molar-refractivity contribution in [1.29, 1.82) is 0 Å². The van der Waals surface area contributed by atoms with Crippen molar-refractivity contribution in [3.05, 3.63) is 56.8 Å². The molecule has 0 saturated heterocycles. The fourth-order valence-corrected chi connectivity index (χ4v) is 5.41. The van der Waals surface area contributed by atoms with Gasteiger partial charge in [0, 0.05) is 10.4 Å². The third kappa shape index (κ3) is 8.25. The predicted molar refractivity (Wildman–Crippen MR) is 138 cm³/mol. The van der Waals surface area contributed by atoms with Crippen LogP contribution in [0.15, 0.2) is 30.3 Å². The van der Waals surface area contributed by atoms with E-state index in [0.29, 0.717) is 15.7 Å². The summed E-state index contributed by atoms with van der Waals surface area (Å²) in [6.07, 6.45) is 6.74. The molecule has 1 heterocycles. The zero-order chi connectivity index (χ0) is 25.4. The summed E-state index contributed by atoms with van der Waals surface area (Å²) in [4.78, 5) is 36.8. The number of nitrogens with two attached hydrogens (primary N) is 2. The van der Waals surface area contributed by atoms with E-state index in [1.165, 1.54) is 11.3 Å². The Labute approximate surface area is 211 Å². The molecule has 0 spiro atoms. The maximum absolute atomic E-state index is 12.8. The summed E-state index contributed by atoms with van der Waals surface area (Å²) >= 11 is 1.25. The normalized spacial score (nSPS) is 14.4. The second-order valence-electron chi connectivity index (χ2n) is 9.61. The van der Waals surface area contributed by atoms with Gasteiger partial charge in [-0.1, -0.05) is 37.8 Å². The van der Waals surface area contributed by atoms with Gasteiger partial charge in [-0.25, -0.2) is 0 Å². The van der Waals surface area contributed by atoms with Gasteiger partial charge in [-0.05, 0) is 74.6 Å². The van der Waals surface area contributed by atoms with Crippen molar-refractivity contribution in [2.75, 3.05) is 0 Å². The van der Waals surface area contributed by atoms with E-state index >= 15 is 0 Å². The van der Waals surface area contributed by atoms with Crippen LogP contribution in [0.25, 0.3) is 0 Å². The predicted octanol–water partition coefficient (Wildman–Crippen LogP) is 4.36. The number of hydrogen-bond acceptors (Lipinski definition) is 5. The Hall–Kier alpha value is -3.11. The van der Waals surface area contributed by atoms with E-state index in [4.69, 9.17) is 16.2 Å². The van der Waals surface area contributed by atoms with E-state index in [-0.39, 0.29) is 30.0 Å². The Kier molecular flexibility index (Phi) is 9.50. The van der Waals surface area contributed by atoms with E-state index in [1.807, 2.05) is 24.3 Å². The quantitative estimate of drug-likeness (QED) is 0.377. The number of carbonyl (C=O) groups excluding carboxylic acids is 3. The first kappa shape index (κ1) is 26.5. The highest BCUT2D eigenvalue weighted by Gasteiger charge is 2.26. The monoisotopic (exact) mass is 494 g/mol. The average Bonchev–Trinajstić information content (AvgIpc) is 3.45. The molecule has 0 unspecified atom stereocenters. The number of amides is 2. The maximum atomic E-state index is 12.8. The van der Waals surface area contributed by atoms with Crippen molar-refractivity contribution in [1.82, 2.24) is 0 Å². The molecule has 0 aliphatic heterocycles. The van der Waals surface area contributed by atoms with Gasteiger partial charge in [-0.2, -0.15) is 0 Å². The maximum Gasteiger partial charge on any atom is 0.309 e. The highest BCUT2D eigenvalue weighted by atomic mass is 32.1. The Bertz CT molecular complexity index is 1100. The summed E-state index contributed by atoms with van der Waals surface area (Å²) in [6, 6.07) is 9.56. The van der Waals surface area contributed by atoms with Crippen molar-refractivity contribution < 1.29 is 19.1 Å². The van der Waals surface area contributed by atoms with Gasteiger partial charge in [0.1, 0.15) is 6.10 Å². The van der Waals surface area contributed by atoms with E-state index in [2.05, 4.69) is 25.7 Å². The van der Waals surface area contributed by atoms with Crippen molar-refractivity contribution in [2.45, 2.75) is 71.3 Å². The fourth-order valence-electron chi connectivity index (χ4n) is 4.39. The van der Waals surface area contributed by atoms with Gasteiger partial charge in [0.2, 0.25) is 11.8 Å². The molecule has 1 atom stereocenters. The molecule has 7 heteroatoms. The van der Waals surface area contributed by atoms with Gasteiger partial charge in [0.15, 0.2) is 0 Å². The van der Waals surface area contributed by atoms with Crippen LogP contribution >= 0.6 is 11.3 Å². The lowest BCUT2D eigenvalue weighted by molar-refractivity contribution is -0.154. The van der Waals surface area contributed by atoms with Gasteiger partial charge < -0.3 is 16.2 Å². The first-order valence-corrected chi connectivity index (χ1v) is 13.0. The third-order valence-corrected chi connectivity index (χ3v) is 7.20. The van der Waals surface area contributed by atoms with Gasteiger partial charge in [-0.15, -0.1) is 11.3 Å². The summed E-state index contributed by atoms with van der Waals surface area (Å²) in [5, 5.41) is 0. The van der Waals surface area contributed by atoms with Gasteiger partial charge >= 0.3 is 5.97 Å². The lowest BCUT2D eigenvalue weighted by Gasteiger charge is -2.20. The van der Waals surface area contributed by atoms with Crippen LogP contribution in [0.2, 0.25) is 0 Å². The van der Waals surface area contributed by atoms with Crippen LogP contribution in [0.1, 0.15) is 83.6 Å². The van der Waals surface area contributed by atoms with Crippen LogP contribution in [-0.2, 0) is 27.2 Å². The molecule has 0 radical (unpaired) electrons. The molecule has 1 fully saturated rings. The highest BCUT2D eigenvalue weighted by Crippen LogP contribution is 2.26. The Morgan fingerprint density at radius 1 is 1.09 bits per heavy atom. The number of hydrogen-bond donors (Lipinski definition) is 2. The number of aryl methyl sites for hydroxylation is 1. The van der Waals surface area contributed by atoms with Crippen LogP contribution in [0, 0.1) is 23.7 Å². The zero-order valence-electron chi connectivity index (χ0n) is 20.5. The van der Waals surface area contributed by atoms with E-state index in [1.54, 1.807) is 6.07 Å². The Balaban J connectivity index is 1.61. The topological polar surface area (TPSA) is 112 Å². The van der Waals surface area contributed by atoms with Crippen molar-refractivity contribution in [3.8, 4) is 11.8 Å². The zero-order valence-corrected chi connectivity index (χ0v) is 21.3. The van der Waals surface area contributed by atoms with Gasteiger partial charge in [0.05, 0.1) is 22.8 Å². The van der Waals surface area contributed by atoms with Crippen molar-refractivity contribution in [2.24, 2.45) is 23.3 Å². The highest BCUT2D eigenvalue weighted by molar-refractivity contribution is 7.13. The lowest BCUT2D eigenvalue weighted by atomic mass is 9.91. The molecule has 0 bridgehead atoms. The molecule has 6 nitrogen and oxygen atoms in total. The number of carbonyl (C=O) groups is 3. The molecule has 4 N–H and O–H groups in total. The smallest absolute Gasteiger partial charge is 0.309 e. The molecule has 1 aliphatic rings. The summed E-state index contributed by atoms with van der Waals surface area (Å²) in [7, 11) is 0. The third-order valence-electron chi connectivity index (χ3n) is 6.15. The minimum Gasteiger partial charge on any atom is -0.462 e. The second kappa shape index (κ2) is 12.6. The van der Waals surface area contributed by atoms with Crippen molar-refractivity contribution >= 4 is 29.1 Å². The Morgan fingerprint density at radius 3 is 2.37 bits per heavy atom. The number of esters is 1. The van der Waals surface area contributed by atoms with E-state index in [0.717, 1.165) is 56.1 Å². The number of ether oxygens (including phenoxy) is 1. The standard InChI is InChI=1S/C28H34N2O4S/c1-18(2)15-21(28(33)34-22-5-3-4-6-22)13-11-19-7-9-20(10-8-19)12-14-23-16-24(27(30)32)25(35-23)17-26(29)31/h7-10,16,18,21-22H,3-6,11,13,15,17H2,1-2H3,(H2,29,31)(H2,30,32)/t21-/m0/s1. The number of primary amides is 2. The van der Waals surface area contributed by atoms with Gasteiger partial charge in [0.25, 0.3) is 0 Å². The van der Waals surface area contributed by atoms with Crippen LogP contribution in [0.4, 0.5) is 0 Å². The fraction of sp³-hybridized carbons (Fsp3) is 0.464. The molecule has 1 aromatic heterocycles. The summed E-state index contributed by atoms with van der Waals surface area (Å²) in [5.41, 5.74) is 12.9. The first-order valence-electron chi connectivity index (χ1n) is 12.2. The van der Waals surface area contributed by atoms with Crippen molar-refractivity contribution in [3.63, 3.8) is 0 Å². The minimum absolute atomic E-state index is 0.0364. The molecule has 2 aromatic rings. The number of thiophene rings is 1. The molecule has 35 heavy (non-hydrogen) atoms. The SMILES string of the molecule is CC(C)C[C@H](CCc1ccc(C#Cc2cc(C(N)=O)c(CC(N)=O)s2)cc1)C(=O)OC1CCCC1. The molecule has 2 amide bonds. The number of rotatable bonds is 10. The molecule has 1 aliphatic carbocycles. The first-order chi connectivity index (χ1) is 16.7. The second-order valence-corrected chi connectivity index (χ2v) is 10.7. The van der Waals surface area contributed by atoms with Crippen LogP contribution in [0.3, 0.4) is 0 Å². The molecular weight excluding hydrogens is 460 g/mol. The average molecular weight is 495 g/mol. The molecule has 1 saturated carbocycles. The Morgan fingerprint density at radius 2 is 1.77 bits per heavy atom. The molecule has 186 valence electrons. The number of benzene rings is 1. The summed E-state index contributed by atoms with van der Waals surface area (Å²) in [5.74, 6) is 5.31. The summed E-state index contributed by atoms with van der Waals surface area (Å²) < 4.78 is 5.79. The van der Waals surface area contributed by atoms with E-state index < -0.39 is 11.8 Å². The van der Waals surface area contributed by atoms with Crippen LogP contribution in [0.5, 0.6) is 0 Å². The lowest BCUT2D eigenvalue weighted by Crippen LogP contribution is -2.24. The van der Waals surface area contributed by atoms with Crippen LogP contribution < -0.4 is 11.5 Å². The minimum atomic E-state index is -0.599. The molecule has 3 rings (SSSR count). The van der Waals surface area contributed by atoms with E-state index in [9.17, 15) is 14.4 Å².